The summed E-state index contributed by atoms with van der Waals surface area (Å²) in [5.74, 6) is 0.233. The highest BCUT2D eigenvalue weighted by molar-refractivity contribution is 6.07. The van der Waals surface area contributed by atoms with Crippen molar-refractivity contribution in [3.63, 3.8) is 0 Å². The van der Waals surface area contributed by atoms with Gasteiger partial charge in [-0.2, -0.15) is 5.10 Å². The zero-order valence-corrected chi connectivity index (χ0v) is 7.36. The van der Waals surface area contributed by atoms with E-state index in [9.17, 15) is 0 Å². The van der Waals surface area contributed by atoms with Gasteiger partial charge in [-0.15, -0.1) is 0 Å². The molecule has 0 spiro atoms. The third-order valence-electron chi connectivity index (χ3n) is 1.35. The Labute approximate surface area is 76.4 Å². The van der Waals surface area contributed by atoms with E-state index in [1.54, 1.807) is 25.5 Å². The molecule has 68 valence electrons. The van der Waals surface area contributed by atoms with Gasteiger partial charge in [0.1, 0.15) is 0 Å². The Hall–Kier alpha value is -1.91. The standard InChI is InChI=1S/C8H11N5/c1-6(5-12-10-2)7-3-4-11-8(9)13-7/h3-5,10H,1H2,2H3,(H2,9,11,13)/b12-5-. The van der Waals surface area contributed by atoms with Crippen molar-refractivity contribution in [3.8, 4) is 0 Å². The van der Waals surface area contributed by atoms with Crippen molar-refractivity contribution in [2.24, 2.45) is 5.10 Å². The highest BCUT2D eigenvalue weighted by atomic mass is 15.3. The van der Waals surface area contributed by atoms with Crippen LogP contribution in [0.5, 0.6) is 0 Å². The van der Waals surface area contributed by atoms with E-state index >= 15 is 0 Å². The second-order valence-electron chi connectivity index (χ2n) is 2.31. The van der Waals surface area contributed by atoms with Gasteiger partial charge in [0.05, 0.1) is 11.9 Å². The van der Waals surface area contributed by atoms with Crippen molar-refractivity contribution in [1.29, 1.82) is 0 Å². The SMILES string of the molecule is C=C(/C=N\NC)c1ccnc(N)n1. The van der Waals surface area contributed by atoms with Crippen LogP contribution in [0.25, 0.3) is 5.57 Å². The van der Waals surface area contributed by atoms with Gasteiger partial charge < -0.3 is 11.2 Å². The molecule has 0 bridgehead atoms. The van der Waals surface area contributed by atoms with Crippen LogP contribution in [0.2, 0.25) is 0 Å². The zero-order chi connectivity index (χ0) is 9.68. The number of hydrazone groups is 1. The Balaban J connectivity index is 2.83. The maximum Gasteiger partial charge on any atom is 0.220 e. The minimum atomic E-state index is 0.233. The van der Waals surface area contributed by atoms with Gasteiger partial charge in [0.25, 0.3) is 0 Å². The Bertz CT molecular complexity index is 331. The first-order valence-corrected chi connectivity index (χ1v) is 3.71. The Morgan fingerprint density at radius 2 is 2.54 bits per heavy atom. The second-order valence-corrected chi connectivity index (χ2v) is 2.31. The molecule has 0 aliphatic rings. The van der Waals surface area contributed by atoms with Crippen LogP contribution in [0.15, 0.2) is 23.9 Å². The summed E-state index contributed by atoms with van der Waals surface area (Å²) in [5.41, 5.74) is 9.37. The van der Waals surface area contributed by atoms with E-state index in [2.05, 4.69) is 27.1 Å². The Morgan fingerprint density at radius 3 is 3.15 bits per heavy atom. The molecule has 0 atom stereocenters. The second kappa shape index (κ2) is 4.20. The van der Waals surface area contributed by atoms with Crippen LogP contribution in [0.3, 0.4) is 0 Å². The lowest BCUT2D eigenvalue weighted by Crippen LogP contribution is -1.99. The number of hydrogen-bond donors (Lipinski definition) is 2. The normalized spacial score (nSPS) is 10.2. The summed E-state index contributed by atoms with van der Waals surface area (Å²) >= 11 is 0. The molecule has 0 amide bonds. The number of nitrogens with two attached hydrogens (primary N) is 1. The molecular weight excluding hydrogens is 166 g/mol. The van der Waals surface area contributed by atoms with Gasteiger partial charge in [-0.1, -0.05) is 6.58 Å². The van der Waals surface area contributed by atoms with Crippen LogP contribution < -0.4 is 11.2 Å². The molecule has 0 radical (unpaired) electrons. The molecule has 13 heavy (non-hydrogen) atoms. The molecular formula is C8H11N5. The number of aromatic nitrogens is 2. The van der Waals surface area contributed by atoms with Gasteiger partial charge in [0.15, 0.2) is 0 Å². The first kappa shape index (κ1) is 9.18. The number of anilines is 1. The molecule has 5 nitrogen and oxygen atoms in total. The number of allylic oxidation sites excluding steroid dienone is 1. The Morgan fingerprint density at radius 1 is 1.77 bits per heavy atom. The van der Waals surface area contributed by atoms with Gasteiger partial charge >= 0.3 is 0 Å². The van der Waals surface area contributed by atoms with Crippen molar-refractivity contribution in [2.45, 2.75) is 0 Å². The average Bonchev–Trinajstić information content (AvgIpc) is 2.14. The fraction of sp³-hybridized carbons (Fsp3) is 0.125. The molecule has 0 aliphatic carbocycles. The van der Waals surface area contributed by atoms with E-state index in [1.165, 1.54) is 0 Å². The predicted molar refractivity (Wildman–Crippen MR) is 53.0 cm³/mol. The molecule has 0 aliphatic heterocycles. The molecule has 1 rings (SSSR count). The minimum absolute atomic E-state index is 0.233. The summed E-state index contributed by atoms with van der Waals surface area (Å²) in [6.07, 6.45) is 3.15. The quantitative estimate of drug-likeness (QED) is 0.513. The number of nitrogens with one attached hydrogen (secondary N) is 1. The monoisotopic (exact) mass is 177 g/mol. The average molecular weight is 177 g/mol. The van der Waals surface area contributed by atoms with Crippen molar-refractivity contribution in [2.75, 3.05) is 12.8 Å². The minimum Gasteiger partial charge on any atom is -0.368 e. The van der Waals surface area contributed by atoms with Crippen LogP contribution in [0, 0.1) is 0 Å². The summed E-state index contributed by atoms with van der Waals surface area (Å²) in [5, 5.41) is 3.80. The summed E-state index contributed by atoms with van der Waals surface area (Å²) in [4.78, 5) is 7.74. The van der Waals surface area contributed by atoms with E-state index in [-0.39, 0.29) is 5.95 Å². The lowest BCUT2D eigenvalue weighted by atomic mass is 10.2. The van der Waals surface area contributed by atoms with Crippen molar-refractivity contribution < 1.29 is 0 Å². The molecule has 1 aromatic rings. The van der Waals surface area contributed by atoms with Crippen LogP contribution in [-0.4, -0.2) is 23.2 Å². The molecule has 0 saturated carbocycles. The van der Waals surface area contributed by atoms with Crippen molar-refractivity contribution in [1.82, 2.24) is 15.4 Å². The van der Waals surface area contributed by atoms with E-state index < -0.39 is 0 Å². The molecule has 3 N–H and O–H groups in total. The maximum atomic E-state index is 5.40. The fourth-order valence-corrected chi connectivity index (χ4v) is 0.761. The lowest BCUT2D eigenvalue weighted by molar-refractivity contribution is 0.909. The van der Waals surface area contributed by atoms with Crippen molar-refractivity contribution in [3.05, 3.63) is 24.5 Å². The third kappa shape index (κ3) is 2.55. The number of hydrogen-bond acceptors (Lipinski definition) is 5. The fourth-order valence-electron chi connectivity index (χ4n) is 0.761. The summed E-state index contributed by atoms with van der Waals surface area (Å²) in [6.45, 7) is 3.77. The van der Waals surface area contributed by atoms with Gasteiger partial charge in [0.2, 0.25) is 5.95 Å². The first-order chi connectivity index (χ1) is 6.24. The van der Waals surface area contributed by atoms with E-state index in [0.717, 1.165) is 0 Å². The van der Waals surface area contributed by atoms with Crippen LogP contribution in [-0.2, 0) is 0 Å². The van der Waals surface area contributed by atoms with Crippen molar-refractivity contribution >= 4 is 17.7 Å². The first-order valence-electron chi connectivity index (χ1n) is 3.71. The third-order valence-corrected chi connectivity index (χ3v) is 1.35. The molecule has 0 fully saturated rings. The van der Waals surface area contributed by atoms with E-state index in [1.807, 2.05) is 0 Å². The number of rotatable bonds is 3. The smallest absolute Gasteiger partial charge is 0.220 e. The highest BCUT2D eigenvalue weighted by Gasteiger charge is 1.97. The zero-order valence-electron chi connectivity index (χ0n) is 7.36. The number of nitrogen functional groups attached to an aromatic ring is 1. The maximum absolute atomic E-state index is 5.40. The lowest BCUT2D eigenvalue weighted by Gasteiger charge is -1.98. The van der Waals surface area contributed by atoms with Crippen LogP contribution >= 0.6 is 0 Å². The molecule has 1 heterocycles. The summed E-state index contributed by atoms with van der Waals surface area (Å²) in [7, 11) is 1.71. The topological polar surface area (TPSA) is 76.2 Å². The largest absolute Gasteiger partial charge is 0.368 e. The van der Waals surface area contributed by atoms with E-state index in [4.69, 9.17) is 5.73 Å². The van der Waals surface area contributed by atoms with Gasteiger partial charge in [-0.3, -0.25) is 0 Å². The van der Waals surface area contributed by atoms with Crippen LogP contribution in [0.4, 0.5) is 5.95 Å². The molecule has 0 aromatic carbocycles. The Kier molecular flexibility index (Phi) is 2.97. The van der Waals surface area contributed by atoms with Gasteiger partial charge in [-0.25, -0.2) is 9.97 Å². The van der Waals surface area contributed by atoms with Gasteiger partial charge in [0, 0.05) is 18.8 Å². The number of nitrogens with zero attached hydrogens (tertiary/aromatic N) is 3. The molecule has 5 heteroatoms. The molecule has 0 unspecified atom stereocenters. The predicted octanol–water partition coefficient (Wildman–Crippen LogP) is 0.277. The molecule has 0 saturated heterocycles. The molecule has 1 aromatic heterocycles. The van der Waals surface area contributed by atoms with E-state index in [0.29, 0.717) is 11.3 Å². The summed E-state index contributed by atoms with van der Waals surface area (Å²) < 4.78 is 0. The summed E-state index contributed by atoms with van der Waals surface area (Å²) in [6, 6.07) is 1.72. The van der Waals surface area contributed by atoms with Gasteiger partial charge in [-0.05, 0) is 6.07 Å². The highest BCUT2D eigenvalue weighted by Crippen LogP contribution is 2.06. The van der Waals surface area contributed by atoms with Crippen LogP contribution in [0.1, 0.15) is 5.69 Å².